The third-order valence-electron chi connectivity index (χ3n) is 6.07. The van der Waals surface area contributed by atoms with Crippen LogP contribution in [0.25, 0.3) is 0 Å². The van der Waals surface area contributed by atoms with Gasteiger partial charge in [0.25, 0.3) is 5.91 Å². The zero-order valence-electron chi connectivity index (χ0n) is 18.1. The van der Waals surface area contributed by atoms with Crippen LogP contribution in [-0.4, -0.2) is 40.4 Å². The molecule has 3 heterocycles. The number of rotatable bonds is 4. The maximum Gasteiger partial charge on any atom is 0.255 e. The second-order valence-electron chi connectivity index (χ2n) is 8.31. The number of ether oxygens (including phenoxy) is 1. The molecule has 0 spiro atoms. The zero-order valence-corrected chi connectivity index (χ0v) is 18.9. The number of amides is 1. The van der Waals surface area contributed by atoms with Gasteiger partial charge in [-0.3, -0.25) is 4.79 Å². The minimum Gasteiger partial charge on any atom is -0.438 e. The monoisotopic (exact) mass is 466 g/mol. The summed E-state index contributed by atoms with van der Waals surface area (Å²) in [7, 11) is 0. The first-order valence-corrected chi connectivity index (χ1v) is 11.6. The zero-order chi connectivity index (χ0) is 22.8. The van der Waals surface area contributed by atoms with Crippen LogP contribution >= 0.6 is 11.6 Å². The highest BCUT2D eigenvalue weighted by atomic mass is 35.5. The molecule has 1 amide bonds. The van der Waals surface area contributed by atoms with Crippen molar-refractivity contribution in [2.24, 2.45) is 0 Å². The Balaban J connectivity index is 1.49. The molecule has 0 saturated carbocycles. The summed E-state index contributed by atoms with van der Waals surface area (Å²) >= 11 is 6.26. The number of carbonyl (C=O) groups excluding carboxylic acids is 1. The second kappa shape index (κ2) is 9.35. The summed E-state index contributed by atoms with van der Waals surface area (Å²) in [5.74, 6) is 1.06. The SMILES string of the molecule is O=C(c1ccccc1Cl)N1CCc2nc(N3CCCCC3)nc(Oc3ccc(F)cc3)c2C1. The van der Waals surface area contributed by atoms with Crippen molar-refractivity contribution in [2.45, 2.75) is 32.2 Å². The summed E-state index contributed by atoms with van der Waals surface area (Å²) in [6.07, 6.45) is 4.01. The standard InChI is InChI=1S/C25H24ClFN4O2/c26-21-7-3-2-6-19(21)24(32)31-15-12-22-20(16-31)23(33-18-10-8-17(27)9-11-18)29-25(28-22)30-13-4-1-5-14-30/h2-3,6-11H,1,4-5,12-16H2. The molecule has 1 saturated heterocycles. The minimum atomic E-state index is -0.336. The lowest BCUT2D eigenvalue weighted by Crippen LogP contribution is -2.38. The smallest absolute Gasteiger partial charge is 0.255 e. The van der Waals surface area contributed by atoms with Crippen molar-refractivity contribution in [2.75, 3.05) is 24.5 Å². The predicted molar refractivity (Wildman–Crippen MR) is 124 cm³/mol. The molecule has 0 N–H and O–H groups in total. The summed E-state index contributed by atoms with van der Waals surface area (Å²) in [6, 6.07) is 12.9. The Hall–Kier alpha value is -3.19. The van der Waals surface area contributed by atoms with Gasteiger partial charge in [-0.1, -0.05) is 23.7 Å². The molecule has 0 aliphatic carbocycles. The molecule has 6 nitrogen and oxygen atoms in total. The summed E-state index contributed by atoms with van der Waals surface area (Å²) < 4.78 is 19.5. The van der Waals surface area contributed by atoms with Crippen molar-refractivity contribution in [3.8, 4) is 11.6 Å². The van der Waals surface area contributed by atoms with Gasteiger partial charge in [-0.2, -0.15) is 4.98 Å². The van der Waals surface area contributed by atoms with Crippen molar-refractivity contribution >= 4 is 23.5 Å². The Labute approximate surface area is 197 Å². The third-order valence-corrected chi connectivity index (χ3v) is 6.40. The van der Waals surface area contributed by atoms with E-state index in [1.54, 1.807) is 41.3 Å². The van der Waals surface area contributed by atoms with E-state index in [4.69, 9.17) is 26.3 Å². The molecule has 2 aromatic carbocycles. The molecule has 2 aliphatic rings. The lowest BCUT2D eigenvalue weighted by atomic mass is 10.0. The molecule has 0 bridgehead atoms. The number of fused-ring (bicyclic) bond motifs is 1. The minimum absolute atomic E-state index is 0.140. The number of carbonyl (C=O) groups is 1. The van der Waals surface area contributed by atoms with Gasteiger partial charge < -0.3 is 14.5 Å². The fraction of sp³-hybridized carbons (Fsp3) is 0.320. The first-order valence-electron chi connectivity index (χ1n) is 11.2. The normalized spacial score (nSPS) is 15.8. The quantitative estimate of drug-likeness (QED) is 0.525. The summed E-state index contributed by atoms with van der Waals surface area (Å²) in [5.41, 5.74) is 2.12. The average Bonchev–Trinajstić information content (AvgIpc) is 2.85. The Kier molecular flexibility index (Phi) is 6.13. The first kappa shape index (κ1) is 21.6. The van der Waals surface area contributed by atoms with Crippen molar-refractivity contribution in [3.63, 3.8) is 0 Å². The largest absolute Gasteiger partial charge is 0.438 e. The highest BCUT2D eigenvalue weighted by Crippen LogP contribution is 2.33. The summed E-state index contributed by atoms with van der Waals surface area (Å²) in [4.78, 5) is 26.7. The fourth-order valence-electron chi connectivity index (χ4n) is 4.28. The molecular weight excluding hydrogens is 443 g/mol. The molecule has 170 valence electrons. The van der Waals surface area contributed by atoms with E-state index in [-0.39, 0.29) is 11.7 Å². The van der Waals surface area contributed by atoms with Gasteiger partial charge in [0, 0.05) is 26.1 Å². The van der Waals surface area contributed by atoms with E-state index >= 15 is 0 Å². The number of benzene rings is 2. The van der Waals surface area contributed by atoms with E-state index in [1.807, 2.05) is 0 Å². The van der Waals surface area contributed by atoms with Crippen LogP contribution in [0.3, 0.4) is 0 Å². The first-order chi connectivity index (χ1) is 16.1. The second-order valence-corrected chi connectivity index (χ2v) is 8.72. The van der Waals surface area contributed by atoms with Crippen LogP contribution in [0.2, 0.25) is 5.02 Å². The fourth-order valence-corrected chi connectivity index (χ4v) is 4.50. The van der Waals surface area contributed by atoms with Gasteiger partial charge in [0.15, 0.2) is 0 Å². The van der Waals surface area contributed by atoms with Gasteiger partial charge in [-0.05, 0) is 55.7 Å². The van der Waals surface area contributed by atoms with Crippen LogP contribution in [-0.2, 0) is 13.0 Å². The number of hydrogen-bond donors (Lipinski definition) is 0. The molecule has 1 aromatic heterocycles. The van der Waals surface area contributed by atoms with Gasteiger partial charge in [0.2, 0.25) is 11.8 Å². The molecule has 2 aliphatic heterocycles. The number of piperidine rings is 1. The van der Waals surface area contributed by atoms with Crippen LogP contribution in [0.4, 0.5) is 10.3 Å². The maximum absolute atomic E-state index is 13.4. The van der Waals surface area contributed by atoms with Gasteiger partial charge in [-0.25, -0.2) is 9.37 Å². The molecule has 0 atom stereocenters. The lowest BCUT2D eigenvalue weighted by Gasteiger charge is -2.32. The summed E-state index contributed by atoms with van der Waals surface area (Å²) in [5, 5.41) is 0.424. The molecule has 5 rings (SSSR count). The van der Waals surface area contributed by atoms with Crippen molar-refractivity contribution in [1.29, 1.82) is 0 Å². The molecule has 3 aromatic rings. The number of anilines is 1. The Bertz CT molecular complexity index is 1170. The Morgan fingerprint density at radius 1 is 0.970 bits per heavy atom. The topological polar surface area (TPSA) is 58.6 Å². The molecule has 0 unspecified atom stereocenters. The van der Waals surface area contributed by atoms with Crippen molar-refractivity contribution < 1.29 is 13.9 Å². The number of hydrogen-bond acceptors (Lipinski definition) is 5. The molecule has 8 heteroatoms. The average molecular weight is 467 g/mol. The summed E-state index contributed by atoms with van der Waals surface area (Å²) in [6.45, 7) is 2.66. The molecule has 33 heavy (non-hydrogen) atoms. The van der Waals surface area contributed by atoms with E-state index in [0.717, 1.165) is 37.2 Å². The number of aromatic nitrogens is 2. The van der Waals surface area contributed by atoms with Gasteiger partial charge in [0.05, 0.1) is 28.4 Å². The van der Waals surface area contributed by atoms with E-state index in [1.165, 1.54) is 18.6 Å². The van der Waals surface area contributed by atoms with Crippen LogP contribution in [0, 0.1) is 5.82 Å². The lowest BCUT2D eigenvalue weighted by molar-refractivity contribution is 0.0732. The van der Waals surface area contributed by atoms with E-state index in [0.29, 0.717) is 47.7 Å². The predicted octanol–water partition coefficient (Wildman–Crippen LogP) is 5.25. The van der Waals surface area contributed by atoms with E-state index in [9.17, 15) is 9.18 Å². The highest BCUT2D eigenvalue weighted by Gasteiger charge is 2.29. The third kappa shape index (κ3) is 4.64. The van der Waals surface area contributed by atoms with Gasteiger partial charge in [0.1, 0.15) is 11.6 Å². The van der Waals surface area contributed by atoms with Crippen molar-refractivity contribution in [3.05, 3.63) is 76.2 Å². The van der Waals surface area contributed by atoms with Crippen LogP contribution in [0.5, 0.6) is 11.6 Å². The van der Waals surface area contributed by atoms with Gasteiger partial charge >= 0.3 is 0 Å². The molecular formula is C25H24ClFN4O2. The number of nitrogens with zero attached hydrogens (tertiary/aromatic N) is 4. The molecule has 1 fully saturated rings. The van der Waals surface area contributed by atoms with E-state index in [2.05, 4.69) is 4.90 Å². The van der Waals surface area contributed by atoms with Crippen molar-refractivity contribution in [1.82, 2.24) is 14.9 Å². The maximum atomic E-state index is 13.4. The van der Waals surface area contributed by atoms with Crippen LogP contribution < -0.4 is 9.64 Å². The van der Waals surface area contributed by atoms with Crippen LogP contribution in [0.1, 0.15) is 40.9 Å². The highest BCUT2D eigenvalue weighted by molar-refractivity contribution is 6.33. The number of halogens is 2. The van der Waals surface area contributed by atoms with Gasteiger partial charge in [-0.15, -0.1) is 0 Å². The van der Waals surface area contributed by atoms with Crippen LogP contribution in [0.15, 0.2) is 48.5 Å². The Morgan fingerprint density at radius 3 is 2.48 bits per heavy atom. The molecule has 0 radical (unpaired) electrons. The van der Waals surface area contributed by atoms with E-state index < -0.39 is 0 Å². The Morgan fingerprint density at radius 2 is 1.73 bits per heavy atom.